The monoisotopic (exact) mass is 308 g/mol. The largest absolute Gasteiger partial charge is 0.408 e. The van der Waals surface area contributed by atoms with E-state index in [0.717, 1.165) is 12.8 Å². The molecule has 0 radical (unpaired) electrons. The van der Waals surface area contributed by atoms with Crippen LogP contribution in [-0.4, -0.2) is 13.9 Å². The van der Waals surface area contributed by atoms with Crippen LogP contribution >= 0.6 is 0 Å². The third-order valence-electron chi connectivity index (χ3n) is 5.34. The molecule has 1 nitrogen and oxygen atoms in total. The Morgan fingerprint density at radius 3 is 2.05 bits per heavy atom. The van der Waals surface area contributed by atoms with Gasteiger partial charge in [0.25, 0.3) is 0 Å². The van der Waals surface area contributed by atoms with Gasteiger partial charge in [-0.1, -0.05) is 46.8 Å². The molecule has 0 saturated heterocycles. The van der Waals surface area contributed by atoms with E-state index in [9.17, 15) is 0 Å². The summed E-state index contributed by atoms with van der Waals surface area (Å²) in [6, 6.07) is 0. The molecular formula is C19H36OSi. The van der Waals surface area contributed by atoms with Crippen LogP contribution in [0.3, 0.4) is 0 Å². The highest BCUT2D eigenvalue weighted by atomic mass is 28.4. The molecule has 1 rings (SSSR count). The van der Waals surface area contributed by atoms with Gasteiger partial charge >= 0.3 is 0 Å². The van der Waals surface area contributed by atoms with E-state index in [1.165, 1.54) is 18.4 Å². The summed E-state index contributed by atoms with van der Waals surface area (Å²) in [5.74, 6) is 0. The topological polar surface area (TPSA) is 9.23 Å². The van der Waals surface area contributed by atoms with Crippen molar-refractivity contribution in [3.8, 4) is 0 Å². The first-order valence-electron chi connectivity index (χ1n) is 8.34. The summed E-state index contributed by atoms with van der Waals surface area (Å²) in [6.45, 7) is 22.5. The fraction of sp³-hybridized carbons (Fsp3) is 0.789. The molecule has 0 amide bonds. The van der Waals surface area contributed by atoms with E-state index in [0.29, 0.717) is 5.41 Å². The zero-order valence-corrected chi connectivity index (χ0v) is 16.6. The molecule has 0 aliphatic heterocycles. The van der Waals surface area contributed by atoms with Crippen LogP contribution in [0, 0.1) is 5.41 Å². The normalized spacial score (nSPS) is 19.5. The summed E-state index contributed by atoms with van der Waals surface area (Å²) in [5, 5.41) is 0.283. The third kappa shape index (κ3) is 4.82. The van der Waals surface area contributed by atoms with Gasteiger partial charge in [0.2, 0.25) is 0 Å². The Labute approximate surface area is 134 Å². The Hall–Kier alpha value is -0.343. The second-order valence-corrected chi connectivity index (χ2v) is 13.8. The maximum absolute atomic E-state index is 6.74. The molecule has 0 aromatic heterocycles. The highest BCUT2D eigenvalue weighted by molar-refractivity contribution is 6.74. The third-order valence-corrected chi connectivity index (χ3v) is 9.85. The van der Waals surface area contributed by atoms with Crippen molar-refractivity contribution in [2.24, 2.45) is 5.41 Å². The minimum absolute atomic E-state index is 0.0628. The molecule has 0 unspecified atom stereocenters. The van der Waals surface area contributed by atoms with E-state index in [1.54, 1.807) is 0 Å². The molecule has 0 heterocycles. The van der Waals surface area contributed by atoms with E-state index in [2.05, 4.69) is 67.3 Å². The van der Waals surface area contributed by atoms with Crippen LogP contribution in [-0.2, 0) is 4.43 Å². The molecule has 1 aliphatic rings. The average molecular weight is 309 g/mol. The molecule has 122 valence electrons. The van der Waals surface area contributed by atoms with Gasteiger partial charge in [-0.25, -0.2) is 0 Å². The average Bonchev–Trinajstić information content (AvgIpc) is 3.04. The first kappa shape index (κ1) is 18.7. The zero-order valence-electron chi connectivity index (χ0n) is 15.6. The summed E-state index contributed by atoms with van der Waals surface area (Å²) in [6.07, 6.45) is 9.01. The second-order valence-electron chi connectivity index (χ2n) is 9.10. The standard InChI is InChI=1S/C19H36OSi/c1-10-12-18(6,7)13-11-16(2)19(14-15-19)20-21(8,9)17(3,4)5/h10-11H,1,12-15H2,2-9H3/b16-11-. The Morgan fingerprint density at radius 1 is 1.14 bits per heavy atom. The van der Waals surface area contributed by atoms with E-state index in [-0.39, 0.29) is 10.6 Å². The van der Waals surface area contributed by atoms with Gasteiger partial charge < -0.3 is 4.43 Å². The van der Waals surface area contributed by atoms with E-state index >= 15 is 0 Å². The van der Waals surface area contributed by atoms with Crippen LogP contribution in [0.2, 0.25) is 18.1 Å². The van der Waals surface area contributed by atoms with Gasteiger partial charge in [0, 0.05) is 0 Å². The minimum atomic E-state index is -1.69. The molecule has 0 bridgehead atoms. The summed E-state index contributed by atoms with van der Waals surface area (Å²) in [5.41, 5.74) is 1.81. The van der Waals surface area contributed by atoms with E-state index in [4.69, 9.17) is 4.43 Å². The van der Waals surface area contributed by atoms with Crippen molar-refractivity contribution >= 4 is 8.32 Å². The van der Waals surface area contributed by atoms with Crippen LogP contribution in [0.1, 0.15) is 67.2 Å². The highest BCUT2D eigenvalue weighted by Crippen LogP contribution is 2.51. The Balaban J connectivity index is 2.78. The molecule has 0 atom stereocenters. The molecule has 21 heavy (non-hydrogen) atoms. The van der Waals surface area contributed by atoms with Crippen LogP contribution in [0.5, 0.6) is 0 Å². The summed E-state index contributed by atoms with van der Waals surface area (Å²) >= 11 is 0. The number of rotatable bonds is 7. The smallest absolute Gasteiger partial charge is 0.193 e. The van der Waals surface area contributed by atoms with Gasteiger partial charge in [0.1, 0.15) is 0 Å². The van der Waals surface area contributed by atoms with Crippen molar-refractivity contribution < 1.29 is 4.43 Å². The molecule has 1 fully saturated rings. The fourth-order valence-electron chi connectivity index (χ4n) is 2.42. The molecule has 0 spiro atoms. The first-order chi connectivity index (χ1) is 9.35. The SMILES string of the molecule is C=CCC(C)(C)C/C=C(/C)C1(O[Si](C)(C)C(C)(C)C)CC1. The summed E-state index contributed by atoms with van der Waals surface area (Å²) < 4.78 is 6.74. The molecule has 0 aromatic carbocycles. The second kappa shape index (κ2) is 6.04. The van der Waals surface area contributed by atoms with Gasteiger partial charge in [-0.05, 0) is 61.7 Å². The van der Waals surface area contributed by atoms with Gasteiger partial charge in [-0.2, -0.15) is 0 Å². The molecule has 2 heteroatoms. The van der Waals surface area contributed by atoms with Gasteiger partial charge in [-0.3, -0.25) is 0 Å². The highest BCUT2D eigenvalue weighted by Gasteiger charge is 2.52. The van der Waals surface area contributed by atoms with Crippen molar-refractivity contribution in [1.82, 2.24) is 0 Å². The Morgan fingerprint density at radius 2 is 1.67 bits per heavy atom. The predicted octanol–water partition coefficient (Wildman–Crippen LogP) is 6.48. The van der Waals surface area contributed by atoms with Crippen molar-refractivity contribution in [3.63, 3.8) is 0 Å². The van der Waals surface area contributed by atoms with Crippen LogP contribution in [0.4, 0.5) is 0 Å². The molecule has 1 aliphatic carbocycles. The molecule has 1 saturated carbocycles. The number of hydrogen-bond donors (Lipinski definition) is 0. The van der Waals surface area contributed by atoms with Gasteiger partial charge in [0.05, 0.1) is 5.60 Å². The molecule has 0 N–H and O–H groups in total. The lowest BCUT2D eigenvalue weighted by atomic mass is 9.84. The van der Waals surface area contributed by atoms with Gasteiger partial charge in [0.15, 0.2) is 8.32 Å². The van der Waals surface area contributed by atoms with E-state index in [1.807, 2.05) is 6.08 Å². The fourth-order valence-corrected chi connectivity index (χ4v) is 4.07. The Bertz CT molecular complexity index is 406. The Kier molecular flexibility index (Phi) is 5.38. The van der Waals surface area contributed by atoms with Crippen molar-refractivity contribution in [3.05, 3.63) is 24.3 Å². The summed E-state index contributed by atoms with van der Waals surface area (Å²) in [4.78, 5) is 0. The van der Waals surface area contributed by atoms with Crippen LogP contribution < -0.4 is 0 Å². The quantitative estimate of drug-likeness (QED) is 0.386. The number of hydrogen-bond acceptors (Lipinski definition) is 1. The zero-order chi connectivity index (χ0) is 16.5. The van der Waals surface area contributed by atoms with Crippen LogP contribution in [0.15, 0.2) is 24.3 Å². The predicted molar refractivity (Wildman–Crippen MR) is 97.2 cm³/mol. The summed E-state index contributed by atoms with van der Waals surface area (Å²) in [7, 11) is -1.69. The number of allylic oxidation sites excluding steroid dienone is 2. The maximum atomic E-state index is 6.74. The van der Waals surface area contributed by atoms with Crippen molar-refractivity contribution in [2.75, 3.05) is 0 Å². The maximum Gasteiger partial charge on any atom is 0.193 e. The van der Waals surface area contributed by atoms with E-state index < -0.39 is 8.32 Å². The molecule has 0 aromatic rings. The first-order valence-corrected chi connectivity index (χ1v) is 11.2. The van der Waals surface area contributed by atoms with Crippen LogP contribution in [0.25, 0.3) is 0 Å². The molecular weight excluding hydrogens is 272 g/mol. The lowest BCUT2D eigenvalue weighted by Crippen LogP contribution is -2.45. The lowest BCUT2D eigenvalue weighted by Gasteiger charge is -2.40. The lowest BCUT2D eigenvalue weighted by molar-refractivity contribution is 0.192. The van der Waals surface area contributed by atoms with Gasteiger partial charge in [-0.15, -0.1) is 6.58 Å². The minimum Gasteiger partial charge on any atom is -0.408 e. The van der Waals surface area contributed by atoms with Crippen molar-refractivity contribution in [1.29, 1.82) is 0 Å². The van der Waals surface area contributed by atoms with Crippen molar-refractivity contribution in [2.45, 2.75) is 91.0 Å².